The monoisotopic (exact) mass is 599 g/mol. The topological polar surface area (TPSA) is 115 Å². The van der Waals surface area contributed by atoms with E-state index in [9.17, 15) is 13.6 Å². The molecule has 10 nitrogen and oxygen atoms in total. The Balaban J connectivity index is 1.22. The average Bonchev–Trinajstić information content (AvgIpc) is 3.69. The number of rotatable bonds is 8. The Hall–Kier alpha value is -6.30. The maximum atomic E-state index is 14.2. The fourth-order valence-electron chi connectivity index (χ4n) is 5.02. The molecule has 0 aliphatic rings. The van der Waals surface area contributed by atoms with Gasteiger partial charge in [0, 0.05) is 29.3 Å². The van der Waals surface area contributed by atoms with E-state index in [0.29, 0.717) is 46.5 Å². The molecule has 0 aliphatic heterocycles. The summed E-state index contributed by atoms with van der Waals surface area (Å²) in [7, 11) is 0. The third-order valence-electron chi connectivity index (χ3n) is 7.01. The SMILES string of the molecule is O=C(Nc1cccc(-c2nc3ccccn3c2-c2ccnc(Nc3cccc(Cn4cncn4)c3)n2)c1)c1c(F)cccc1F. The van der Waals surface area contributed by atoms with Gasteiger partial charge in [0.2, 0.25) is 5.95 Å². The van der Waals surface area contributed by atoms with E-state index in [1.165, 1.54) is 12.4 Å². The molecule has 12 heteroatoms. The quantitative estimate of drug-likeness (QED) is 0.209. The Kier molecular flexibility index (Phi) is 7.20. The lowest BCUT2D eigenvalue weighted by molar-refractivity contribution is 0.101. The molecular weight excluding hydrogens is 576 g/mol. The average molecular weight is 600 g/mol. The highest BCUT2D eigenvalue weighted by Gasteiger charge is 2.20. The van der Waals surface area contributed by atoms with E-state index >= 15 is 0 Å². The third kappa shape index (κ3) is 5.71. The van der Waals surface area contributed by atoms with Gasteiger partial charge in [-0.1, -0.05) is 36.4 Å². The van der Waals surface area contributed by atoms with Gasteiger partial charge in [-0.05, 0) is 60.2 Å². The Labute approximate surface area is 255 Å². The van der Waals surface area contributed by atoms with Gasteiger partial charge in [0.15, 0.2) is 0 Å². The molecule has 0 bridgehead atoms. The lowest BCUT2D eigenvalue weighted by Gasteiger charge is -2.11. The van der Waals surface area contributed by atoms with Crippen molar-refractivity contribution in [2.24, 2.45) is 0 Å². The molecule has 4 aromatic heterocycles. The number of hydrogen-bond acceptors (Lipinski definition) is 7. The van der Waals surface area contributed by atoms with Crippen molar-refractivity contribution in [3.63, 3.8) is 0 Å². The molecule has 0 atom stereocenters. The van der Waals surface area contributed by atoms with E-state index < -0.39 is 23.1 Å². The summed E-state index contributed by atoms with van der Waals surface area (Å²) in [5.41, 5.74) is 4.75. The summed E-state index contributed by atoms with van der Waals surface area (Å²) in [4.78, 5) is 30.9. The molecular formula is C33H23F2N9O. The van der Waals surface area contributed by atoms with E-state index in [0.717, 1.165) is 23.4 Å². The maximum Gasteiger partial charge on any atom is 0.261 e. The van der Waals surface area contributed by atoms with Crippen LogP contribution in [0.5, 0.6) is 0 Å². The molecule has 0 unspecified atom stereocenters. The minimum absolute atomic E-state index is 0.346. The van der Waals surface area contributed by atoms with Crippen molar-refractivity contribution in [1.82, 2.24) is 34.1 Å². The molecule has 4 heterocycles. The summed E-state index contributed by atoms with van der Waals surface area (Å²) in [6.07, 6.45) is 6.70. The summed E-state index contributed by atoms with van der Waals surface area (Å²) in [5.74, 6) is -2.40. The van der Waals surface area contributed by atoms with Crippen molar-refractivity contribution in [2.75, 3.05) is 10.6 Å². The first kappa shape index (κ1) is 27.5. The van der Waals surface area contributed by atoms with Crippen molar-refractivity contribution in [3.05, 3.63) is 139 Å². The first-order chi connectivity index (χ1) is 22.0. The number of nitrogens with zero attached hydrogens (tertiary/aromatic N) is 7. The number of fused-ring (bicyclic) bond motifs is 1. The van der Waals surface area contributed by atoms with E-state index in [1.807, 2.05) is 59.1 Å². The minimum Gasteiger partial charge on any atom is -0.324 e. The molecule has 7 rings (SSSR count). The maximum absolute atomic E-state index is 14.2. The third-order valence-corrected chi connectivity index (χ3v) is 7.01. The minimum atomic E-state index is -0.943. The normalized spacial score (nSPS) is 11.1. The van der Waals surface area contributed by atoms with Gasteiger partial charge < -0.3 is 10.6 Å². The summed E-state index contributed by atoms with van der Waals surface area (Å²) in [5, 5.41) is 10.0. The van der Waals surface area contributed by atoms with Crippen LogP contribution in [0.3, 0.4) is 0 Å². The molecule has 0 fully saturated rings. The fourth-order valence-corrected chi connectivity index (χ4v) is 5.02. The number of halogens is 2. The first-order valence-electron chi connectivity index (χ1n) is 13.9. The Bertz CT molecular complexity index is 2140. The Morgan fingerprint density at radius 2 is 1.67 bits per heavy atom. The van der Waals surface area contributed by atoms with Gasteiger partial charge >= 0.3 is 0 Å². The van der Waals surface area contributed by atoms with E-state index in [1.54, 1.807) is 41.5 Å². The van der Waals surface area contributed by atoms with Crippen LogP contribution in [-0.2, 0) is 6.54 Å². The van der Waals surface area contributed by atoms with Crippen molar-refractivity contribution in [1.29, 1.82) is 0 Å². The highest BCUT2D eigenvalue weighted by Crippen LogP contribution is 2.33. The van der Waals surface area contributed by atoms with Crippen LogP contribution in [0.1, 0.15) is 15.9 Å². The standard InChI is InChI=1S/C33H23F2N9O/c34-25-10-5-11-26(35)29(25)32(45)39-24-9-4-7-22(17-24)30-31(44-15-2-1-12-28(44)42-30)27-13-14-37-33(41-27)40-23-8-3-6-21(16-23)18-43-20-36-19-38-43/h1-17,19-20H,18H2,(H,39,45)(H,37,40,41). The Morgan fingerprint density at radius 1 is 0.844 bits per heavy atom. The van der Waals surface area contributed by atoms with E-state index in [2.05, 4.69) is 25.7 Å². The van der Waals surface area contributed by atoms with Gasteiger partial charge in [-0.15, -0.1) is 0 Å². The zero-order chi connectivity index (χ0) is 30.8. The molecule has 220 valence electrons. The summed E-state index contributed by atoms with van der Waals surface area (Å²) >= 11 is 0. The first-order valence-corrected chi connectivity index (χ1v) is 13.9. The smallest absolute Gasteiger partial charge is 0.261 e. The van der Waals surface area contributed by atoms with Gasteiger partial charge in [-0.2, -0.15) is 5.10 Å². The van der Waals surface area contributed by atoms with Crippen LogP contribution >= 0.6 is 0 Å². The molecule has 0 aliphatic carbocycles. The summed E-state index contributed by atoms with van der Waals surface area (Å²) in [6.45, 7) is 0.566. The van der Waals surface area contributed by atoms with E-state index in [-0.39, 0.29) is 0 Å². The number of carbonyl (C=O) groups excluding carboxylic acids is 1. The van der Waals surface area contributed by atoms with Crippen molar-refractivity contribution in [2.45, 2.75) is 6.54 Å². The van der Waals surface area contributed by atoms with Crippen LogP contribution < -0.4 is 10.6 Å². The molecule has 3 aromatic carbocycles. The highest BCUT2D eigenvalue weighted by molar-refractivity contribution is 6.05. The molecule has 2 N–H and O–H groups in total. The zero-order valence-corrected chi connectivity index (χ0v) is 23.5. The summed E-state index contributed by atoms with van der Waals surface area (Å²) < 4.78 is 32.1. The second kappa shape index (κ2) is 11.8. The molecule has 45 heavy (non-hydrogen) atoms. The van der Waals surface area contributed by atoms with Crippen LogP contribution in [0.15, 0.2) is 116 Å². The molecule has 0 spiro atoms. The predicted molar refractivity (Wildman–Crippen MR) is 165 cm³/mol. The van der Waals surface area contributed by atoms with Crippen LogP contribution in [0, 0.1) is 11.6 Å². The largest absolute Gasteiger partial charge is 0.324 e. The van der Waals surface area contributed by atoms with Gasteiger partial charge in [-0.3, -0.25) is 9.20 Å². The molecule has 0 saturated heterocycles. The number of nitrogens with one attached hydrogen (secondary N) is 2. The van der Waals surface area contributed by atoms with Gasteiger partial charge in [0.25, 0.3) is 5.91 Å². The number of benzene rings is 3. The predicted octanol–water partition coefficient (Wildman–Crippen LogP) is 6.37. The van der Waals surface area contributed by atoms with Crippen molar-refractivity contribution >= 4 is 28.9 Å². The number of pyridine rings is 1. The van der Waals surface area contributed by atoms with Crippen molar-refractivity contribution < 1.29 is 13.6 Å². The second-order valence-corrected chi connectivity index (χ2v) is 10.1. The lowest BCUT2D eigenvalue weighted by Crippen LogP contribution is -2.15. The van der Waals surface area contributed by atoms with Gasteiger partial charge in [-0.25, -0.2) is 33.4 Å². The second-order valence-electron chi connectivity index (χ2n) is 10.1. The molecule has 7 aromatic rings. The van der Waals surface area contributed by atoms with Crippen LogP contribution in [0.4, 0.5) is 26.1 Å². The van der Waals surface area contributed by atoms with Gasteiger partial charge in [0.05, 0.1) is 23.6 Å². The zero-order valence-electron chi connectivity index (χ0n) is 23.5. The van der Waals surface area contributed by atoms with Gasteiger partial charge in [0.1, 0.15) is 35.5 Å². The van der Waals surface area contributed by atoms with E-state index in [4.69, 9.17) is 9.97 Å². The number of anilines is 3. The number of carbonyl (C=O) groups is 1. The van der Waals surface area contributed by atoms with Crippen LogP contribution in [0.25, 0.3) is 28.3 Å². The molecule has 0 saturated carbocycles. The lowest BCUT2D eigenvalue weighted by atomic mass is 10.1. The number of hydrogen-bond donors (Lipinski definition) is 2. The number of amides is 1. The number of imidazole rings is 1. The highest BCUT2D eigenvalue weighted by atomic mass is 19.1. The van der Waals surface area contributed by atoms with Crippen molar-refractivity contribution in [3.8, 4) is 22.6 Å². The number of aromatic nitrogens is 7. The summed E-state index contributed by atoms with van der Waals surface area (Å²) in [6, 6.07) is 25.5. The fraction of sp³-hybridized carbons (Fsp3) is 0.0303. The molecule has 0 radical (unpaired) electrons. The molecule has 1 amide bonds. The van der Waals surface area contributed by atoms with Crippen LogP contribution in [-0.4, -0.2) is 40.0 Å². The Morgan fingerprint density at radius 3 is 2.51 bits per heavy atom. The van der Waals surface area contributed by atoms with Crippen LogP contribution in [0.2, 0.25) is 0 Å².